The van der Waals surface area contributed by atoms with Crippen LogP contribution in [-0.2, 0) is 0 Å². The molecule has 1 aromatic rings. The first-order valence-corrected chi connectivity index (χ1v) is 6.93. The van der Waals surface area contributed by atoms with Crippen LogP contribution >= 0.6 is 11.8 Å². The van der Waals surface area contributed by atoms with Gasteiger partial charge in [0.15, 0.2) is 0 Å². The molecule has 0 radical (unpaired) electrons. The molecule has 1 aliphatic rings. The van der Waals surface area contributed by atoms with Crippen molar-refractivity contribution in [2.24, 2.45) is 9.98 Å². The van der Waals surface area contributed by atoms with Gasteiger partial charge in [-0.1, -0.05) is 24.4 Å². The molecule has 2 heterocycles. The fourth-order valence-electron chi connectivity index (χ4n) is 1.85. The van der Waals surface area contributed by atoms with Crippen LogP contribution in [0.5, 0.6) is 0 Å². The van der Waals surface area contributed by atoms with E-state index in [1.54, 1.807) is 13.2 Å². The Balaban J connectivity index is 2.64. The summed E-state index contributed by atoms with van der Waals surface area (Å²) in [7, 11) is 1.75. The van der Waals surface area contributed by atoms with Gasteiger partial charge in [-0.2, -0.15) is 4.99 Å². The first kappa shape index (κ1) is 14.3. The maximum absolute atomic E-state index is 4.21. The topological polar surface area (TPSA) is 37.6 Å². The van der Waals surface area contributed by atoms with Gasteiger partial charge in [-0.3, -0.25) is 9.98 Å². The zero-order valence-electron chi connectivity index (χ0n) is 11.3. The molecule has 0 spiro atoms. The van der Waals surface area contributed by atoms with Crippen molar-refractivity contribution in [3.8, 4) is 0 Å². The van der Waals surface area contributed by atoms with E-state index in [1.165, 1.54) is 11.8 Å². The molecule has 0 fully saturated rings. The summed E-state index contributed by atoms with van der Waals surface area (Å²) in [5.74, 6) is 2.59. The molecule has 0 amide bonds. The first-order valence-electron chi connectivity index (χ1n) is 6.11. The van der Waals surface area contributed by atoms with Crippen molar-refractivity contribution >= 4 is 36.0 Å². The fourth-order valence-corrected chi connectivity index (χ4v) is 2.67. The van der Waals surface area contributed by atoms with Gasteiger partial charge in [0.1, 0.15) is 5.03 Å². The monoisotopic (exact) mass is 281 g/mol. The molecule has 20 heavy (non-hydrogen) atoms. The number of thioether (sulfide) groups is 1. The Labute approximate surface area is 122 Å². The smallest absolute Gasteiger partial charge is 0.116 e. The lowest BCUT2D eigenvalue weighted by Gasteiger charge is -2.04. The number of rotatable bonds is 2. The second-order valence-electron chi connectivity index (χ2n) is 4.11. The molecule has 0 saturated heterocycles. The summed E-state index contributed by atoms with van der Waals surface area (Å²) in [4.78, 5) is 13.4. The van der Waals surface area contributed by atoms with E-state index < -0.39 is 0 Å². The molecule has 100 valence electrons. The Bertz CT molecular complexity index is 750. The van der Waals surface area contributed by atoms with Crippen LogP contribution < -0.4 is 10.4 Å². The van der Waals surface area contributed by atoms with E-state index >= 15 is 0 Å². The largest absolute Gasteiger partial charge is 0.296 e. The van der Waals surface area contributed by atoms with E-state index in [0.29, 0.717) is 0 Å². The van der Waals surface area contributed by atoms with Crippen LogP contribution in [0.2, 0.25) is 0 Å². The number of fused-ring (bicyclic) bond motifs is 1. The van der Waals surface area contributed by atoms with Crippen LogP contribution in [0.1, 0.15) is 6.42 Å². The van der Waals surface area contributed by atoms with Gasteiger partial charge < -0.3 is 0 Å². The summed E-state index contributed by atoms with van der Waals surface area (Å²) in [5.41, 5.74) is 1.02. The summed E-state index contributed by atoms with van der Waals surface area (Å²) in [5, 5.41) is 3.01. The Morgan fingerprint density at radius 2 is 2.30 bits per heavy atom. The highest BCUT2D eigenvalue weighted by Gasteiger charge is 2.07. The summed E-state index contributed by atoms with van der Waals surface area (Å²) >= 11 is 1.49. The SMILES string of the molecule is C=C=N/C1=C(\C=NC)C/C=c2/ccnc/c2=C/C(=C)S1. The van der Waals surface area contributed by atoms with E-state index in [9.17, 15) is 0 Å². The third-order valence-corrected chi connectivity index (χ3v) is 3.64. The zero-order chi connectivity index (χ0) is 14.4. The van der Waals surface area contributed by atoms with Gasteiger partial charge >= 0.3 is 0 Å². The van der Waals surface area contributed by atoms with Crippen molar-refractivity contribution < 1.29 is 0 Å². The molecular weight excluding hydrogens is 266 g/mol. The van der Waals surface area contributed by atoms with Crippen molar-refractivity contribution in [2.45, 2.75) is 6.42 Å². The summed E-state index contributed by atoms with van der Waals surface area (Å²) < 4.78 is 0. The van der Waals surface area contributed by atoms with E-state index in [-0.39, 0.29) is 0 Å². The molecule has 0 aromatic carbocycles. The maximum atomic E-state index is 4.21. The molecule has 0 saturated carbocycles. The minimum atomic E-state index is 0.739. The molecule has 0 unspecified atom stereocenters. The number of aromatic nitrogens is 1. The highest BCUT2D eigenvalue weighted by atomic mass is 32.2. The Hall–Kier alpha value is -2.16. The molecule has 2 rings (SSSR count). The van der Waals surface area contributed by atoms with E-state index in [1.807, 2.05) is 24.6 Å². The van der Waals surface area contributed by atoms with Gasteiger partial charge in [0, 0.05) is 41.4 Å². The number of aliphatic imine (C=N–C) groups is 2. The molecule has 3 nitrogen and oxygen atoms in total. The Morgan fingerprint density at radius 1 is 1.45 bits per heavy atom. The van der Waals surface area contributed by atoms with Crippen molar-refractivity contribution in [3.63, 3.8) is 0 Å². The third-order valence-electron chi connectivity index (χ3n) is 2.71. The van der Waals surface area contributed by atoms with Crippen LogP contribution in [0, 0.1) is 0 Å². The Morgan fingerprint density at radius 3 is 3.05 bits per heavy atom. The number of hydrogen-bond donors (Lipinski definition) is 0. The van der Waals surface area contributed by atoms with Crippen molar-refractivity contribution in [1.82, 2.24) is 4.98 Å². The average Bonchev–Trinajstić information content (AvgIpc) is 2.49. The van der Waals surface area contributed by atoms with Crippen molar-refractivity contribution in [3.05, 3.63) is 57.6 Å². The molecular formula is C16H15N3S. The molecule has 1 aliphatic heterocycles. The van der Waals surface area contributed by atoms with Gasteiger partial charge in [0.2, 0.25) is 0 Å². The molecule has 4 heteroatoms. The van der Waals surface area contributed by atoms with Gasteiger partial charge in [0.05, 0.1) is 0 Å². The summed E-state index contributed by atoms with van der Waals surface area (Å²) in [6.07, 6.45) is 10.3. The van der Waals surface area contributed by atoms with Crippen LogP contribution in [0.15, 0.2) is 57.1 Å². The predicted molar refractivity (Wildman–Crippen MR) is 88.3 cm³/mol. The standard InChI is InChI=1S/C16H15N3S/c1-4-19-16-14(10-17-3)6-5-13-7-8-18-11-15(13)9-12(2)20-16/h5,7-11H,1-2,6H2,3H3/b13-5-,15-9-,16-14+,17-10?. The molecule has 0 N–H and O–H groups in total. The maximum Gasteiger partial charge on any atom is 0.116 e. The van der Waals surface area contributed by atoms with Gasteiger partial charge in [0.25, 0.3) is 0 Å². The molecule has 0 atom stereocenters. The van der Waals surface area contributed by atoms with Crippen LogP contribution in [-0.4, -0.2) is 24.1 Å². The Kier molecular flexibility index (Phi) is 4.88. The van der Waals surface area contributed by atoms with Gasteiger partial charge in [-0.05, 0) is 36.2 Å². The van der Waals surface area contributed by atoms with E-state index in [2.05, 4.69) is 40.1 Å². The highest BCUT2D eigenvalue weighted by Crippen LogP contribution is 2.29. The number of nitrogens with zero attached hydrogens (tertiary/aromatic N) is 3. The lowest BCUT2D eigenvalue weighted by atomic mass is 10.1. The van der Waals surface area contributed by atoms with Crippen molar-refractivity contribution in [2.75, 3.05) is 7.05 Å². The van der Waals surface area contributed by atoms with Crippen LogP contribution in [0.25, 0.3) is 12.2 Å². The normalized spacial score (nSPS) is 22.4. The van der Waals surface area contributed by atoms with Gasteiger partial charge in [-0.25, -0.2) is 0 Å². The van der Waals surface area contributed by atoms with Crippen molar-refractivity contribution in [1.29, 1.82) is 0 Å². The average molecular weight is 281 g/mol. The lowest BCUT2D eigenvalue weighted by Crippen LogP contribution is -2.24. The number of hydrogen-bond acceptors (Lipinski definition) is 4. The van der Waals surface area contributed by atoms with E-state index in [4.69, 9.17) is 0 Å². The minimum absolute atomic E-state index is 0.739. The summed E-state index contributed by atoms with van der Waals surface area (Å²) in [6.45, 7) is 7.61. The molecule has 1 aromatic heterocycles. The molecule has 0 aliphatic carbocycles. The second kappa shape index (κ2) is 6.85. The number of allylic oxidation sites excluding steroid dienone is 2. The lowest BCUT2D eigenvalue weighted by molar-refractivity contribution is 1.26. The molecule has 0 bridgehead atoms. The van der Waals surface area contributed by atoms with Gasteiger partial charge in [-0.15, -0.1) is 0 Å². The first-order chi connectivity index (χ1) is 9.74. The van der Waals surface area contributed by atoms with Crippen LogP contribution in [0.4, 0.5) is 0 Å². The zero-order valence-corrected chi connectivity index (χ0v) is 12.2. The summed E-state index contributed by atoms with van der Waals surface area (Å²) in [6, 6.07) is 1.99. The quantitative estimate of drug-likeness (QED) is 0.778. The predicted octanol–water partition coefficient (Wildman–Crippen LogP) is 2.06. The highest BCUT2D eigenvalue weighted by molar-refractivity contribution is 8.07. The van der Waals surface area contributed by atoms with E-state index in [0.717, 1.165) is 32.4 Å². The second-order valence-corrected chi connectivity index (χ2v) is 5.23. The van der Waals surface area contributed by atoms with Crippen LogP contribution in [0.3, 0.4) is 0 Å². The number of pyridine rings is 1. The fraction of sp³-hybridized carbons (Fsp3) is 0.125. The minimum Gasteiger partial charge on any atom is -0.296 e. The third kappa shape index (κ3) is 3.44.